The van der Waals surface area contributed by atoms with Crippen molar-refractivity contribution in [2.75, 3.05) is 26.2 Å². The lowest BCUT2D eigenvalue weighted by Gasteiger charge is -2.48. The molecule has 2 saturated heterocycles. The number of ether oxygens (including phenoxy) is 1. The highest BCUT2D eigenvalue weighted by Gasteiger charge is 2.36. The topological polar surface area (TPSA) is 24.5 Å². The normalized spacial score (nSPS) is 39.2. The molecule has 3 nitrogen and oxygen atoms in total. The fourth-order valence-corrected chi connectivity index (χ4v) is 3.14. The van der Waals surface area contributed by atoms with Gasteiger partial charge in [0.1, 0.15) is 0 Å². The molecule has 0 aliphatic carbocycles. The van der Waals surface area contributed by atoms with Crippen LogP contribution in [0.4, 0.5) is 0 Å². The van der Waals surface area contributed by atoms with Crippen LogP contribution in [0.15, 0.2) is 0 Å². The Labute approximate surface area is 106 Å². The van der Waals surface area contributed by atoms with Crippen LogP contribution in [-0.2, 0) is 4.74 Å². The molecule has 0 spiro atoms. The van der Waals surface area contributed by atoms with E-state index in [9.17, 15) is 0 Å². The van der Waals surface area contributed by atoms with Crippen LogP contribution in [0.2, 0.25) is 0 Å². The van der Waals surface area contributed by atoms with Crippen LogP contribution in [0, 0.1) is 0 Å². The molecule has 0 aromatic carbocycles. The number of piperazine rings is 1. The molecule has 0 bridgehead atoms. The van der Waals surface area contributed by atoms with Crippen molar-refractivity contribution in [3.8, 4) is 0 Å². The van der Waals surface area contributed by atoms with Gasteiger partial charge >= 0.3 is 0 Å². The lowest BCUT2D eigenvalue weighted by atomic mass is 9.89. The second-order valence-electron chi connectivity index (χ2n) is 6.57. The van der Waals surface area contributed by atoms with Crippen molar-refractivity contribution in [2.24, 2.45) is 0 Å². The van der Waals surface area contributed by atoms with Gasteiger partial charge in [-0.25, -0.2) is 0 Å². The summed E-state index contributed by atoms with van der Waals surface area (Å²) in [4.78, 5) is 2.68. The molecule has 1 N–H and O–H groups in total. The first kappa shape index (κ1) is 13.3. The minimum atomic E-state index is 0.0659. The fraction of sp³-hybridized carbons (Fsp3) is 1.00. The van der Waals surface area contributed by atoms with Gasteiger partial charge in [-0.05, 0) is 40.0 Å². The first-order valence-corrected chi connectivity index (χ1v) is 7.07. The van der Waals surface area contributed by atoms with E-state index in [0.29, 0.717) is 11.6 Å². The molecule has 2 heterocycles. The largest absolute Gasteiger partial charge is 0.375 e. The van der Waals surface area contributed by atoms with Crippen LogP contribution in [0.25, 0.3) is 0 Å². The molecule has 2 fully saturated rings. The molecule has 0 radical (unpaired) electrons. The van der Waals surface area contributed by atoms with E-state index in [1.54, 1.807) is 0 Å². The number of nitrogens with one attached hydrogen (secondary N) is 1. The van der Waals surface area contributed by atoms with Crippen molar-refractivity contribution < 1.29 is 4.74 Å². The van der Waals surface area contributed by atoms with Crippen molar-refractivity contribution in [1.82, 2.24) is 10.2 Å². The zero-order valence-corrected chi connectivity index (χ0v) is 11.9. The Bertz CT molecular complexity index is 267. The van der Waals surface area contributed by atoms with Crippen molar-refractivity contribution in [2.45, 2.75) is 64.1 Å². The minimum Gasteiger partial charge on any atom is -0.375 e. The van der Waals surface area contributed by atoms with Gasteiger partial charge in [0.05, 0.1) is 5.60 Å². The van der Waals surface area contributed by atoms with Crippen LogP contribution < -0.4 is 5.32 Å². The lowest BCUT2D eigenvalue weighted by molar-refractivity contribution is -0.0891. The summed E-state index contributed by atoms with van der Waals surface area (Å²) >= 11 is 0. The van der Waals surface area contributed by atoms with E-state index in [1.807, 2.05) is 0 Å². The summed E-state index contributed by atoms with van der Waals surface area (Å²) in [6.07, 6.45) is 3.58. The van der Waals surface area contributed by atoms with Gasteiger partial charge in [0, 0.05) is 37.8 Å². The third-order valence-corrected chi connectivity index (χ3v) is 4.47. The predicted molar refractivity (Wildman–Crippen MR) is 71.3 cm³/mol. The molecule has 2 unspecified atom stereocenters. The number of hydrogen-bond acceptors (Lipinski definition) is 3. The van der Waals surface area contributed by atoms with E-state index < -0.39 is 0 Å². The van der Waals surface area contributed by atoms with E-state index in [2.05, 4.69) is 37.9 Å². The van der Waals surface area contributed by atoms with E-state index in [0.717, 1.165) is 13.2 Å². The van der Waals surface area contributed by atoms with Crippen molar-refractivity contribution >= 4 is 0 Å². The van der Waals surface area contributed by atoms with Crippen LogP contribution in [0.5, 0.6) is 0 Å². The van der Waals surface area contributed by atoms with E-state index in [-0.39, 0.29) is 5.60 Å². The number of nitrogens with zero attached hydrogens (tertiary/aromatic N) is 1. The molecule has 100 valence electrons. The monoisotopic (exact) mass is 240 g/mol. The van der Waals surface area contributed by atoms with Crippen molar-refractivity contribution in [3.63, 3.8) is 0 Å². The Morgan fingerprint density at radius 2 is 2.12 bits per heavy atom. The molecule has 17 heavy (non-hydrogen) atoms. The molecule has 0 amide bonds. The van der Waals surface area contributed by atoms with Gasteiger partial charge in [-0.2, -0.15) is 0 Å². The average molecular weight is 240 g/mol. The maximum Gasteiger partial charge on any atom is 0.0641 e. The molecule has 2 atom stereocenters. The summed E-state index contributed by atoms with van der Waals surface area (Å²) in [6.45, 7) is 13.5. The molecule has 2 aliphatic heterocycles. The summed E-state index contributed by atoms with van der Waals surface area (Å²) in [6, 6.07) is 0.715. The first-order valence-electron chi connectivity index (χ1n) is 7.07. The second-order valence-corrected chi connectivity index (χ2v) is 6.57. The molecular formula is C14H28N2O. The number of rotatable bonds is 2. The lowest BCUT2D eigenvalue weighted by Crippen LogP contribution is -2.62. The van der Waals surface area contributed by atoms with Crippen molar-refractivity contribution in [1.29, 1.82) is 0 Å². The molecule has 3 heteroatoms. The van der Waals surface area contributed by atoms with E-state index >= 15 is 0 Å². The van der Waals surface area contributed by atoms with Gasteiger partial charge in [-0.1, -0.05) is 6.92 Å². The van der Waals surface area contributed by atoms with Gasteiger partial charge in [0.25, 0.3) is 0 Å². The Kier molecular flexibility index (Phi) is 3.81. The fourth-order valence-electron chi connectivity index (χ4n) is 3.14. The van der Waals surface area contributed by atoms with Gasteiger partial charge < -0.3 is 10.1 Å². The van der Waals surface area contributed by atoms with Gasteiger partial charge in [-0.3, -0.25) is 4.90 Å². The third-order valence-electron chi connectivity index (χ3n) is 4.47. The van der Waals surface area contributed by atoms with Gasteiger partial charge in [0.15, 0.2) is 0 Å². The van der Waals surface area contributed by atoms with Crippen LogP contribution in [-0.4, -0.2) is 48.3 Å². The molecule has 0 aromatic rings. The molecule has 0 aromatic heterocycles. The highest BCUT2D eigenvalue weighted by molar-refractivity contribution is 4.94. The first-order chi connectivity index (χ1) is 7.94. The maximum absolute atomic E-state index is 5.82. The quantitative estimate of drug-likeness (QED) is 0.799. The zero-order chi connectivity index (χ0) is 12.5. The van der Waals surface area contributed by atoms with E-state index in [1.165, 1.54) is 32.4 Å². The third kappa shape index (κ3) is 3.21. The molecule has 2 rings (SSSR count). The highest BCUT2D eigenvalue weighted by Crippen LogP contribution is 2.29. The summed E-state index contributed by atoms with van der Waals surface area (Å²) in [5, 5.41) is 3.66. The second kappa shape index (κ2) is 4.87. The van der Waals surface area contributed by atoms with Crippen molar-refractivity contribution in [3.05, 3.63) is 0 Å². The average Bonchev–Trinajstić information content (AvgIpc) is 2.28. The zero-order valence-electron chi connectivity index (χ0n) is 11.9. The summed E-state index contributed by atoms with van der Waals surface area (Å²) in [5.74, 6) is 0. The van der Waals surface area contributed by atoms with Crippen LogP contribution in [0.1, 0.15) is 47.0 Å². The Balaban J connectivity index is 1.97. The molecule has 0 saturated carbocycles. The Morgan fingerprint density at radius 1 is 1.35 bits per heavy atom. The standard InChI is InChI=1S/C14H28N2O/c1-5-14(4)11-16(8-7-15-14)12-6-9-17-13(2,3)10-12/h12,15H,5-11H2,1-4H3. The Hall–Kier alpha value is -0.120. The van der Waals surface area contributed by atoms with Gasteiger partial charge in [-0.15, -0.1) is 0 Å². The Morgan fingerprint density at radius 3 is 2.76 bits per heavy atom. The minimum absolute atomic E-state index is 0.0659. The van der Waals surface area contributed by atoms with E-state index in [4.69, 9.17) is 4.74 Å². The summed E-state index contributed by atoms with van der Waals surface area (Å²) in [5.41, 5.74) is 0.372. The van der Waals surface area contributed by atoms with Gasteiger partial charge in [0.2, 0.25) is 0 Å². The number of hydrogen-bond donors (Lipinski definition) is 1. The summed E-state index contributed by atoms with van der Waals surface area (Å²) in [7, 11) is 0. The SMILES string of the molecule is CCC1(C)CN(C2CCOC(C)(C)C2)CCN1. The maximum atomic E-state index is 5.82. The summed E-state index contributed by atoms with van der Waals surface area (Å²) < 4.78 is 5.82. The molecular weight excluding hydrogens is 212 g/mol. The van der Waals surface area contributed by atoms with Crippen LogP contribution >= 0.6 is 0 Å². The van der Waals surface area contributed by atoms with Crippen LogP contribution in [0.3, 0.4) is 0 Å². The smallest absolute Gasteiger partial charge is 0.0641 e. The molecule has 2 aliphatic rings. The predicted octanol–water partition coefficient (Wildman–Crippen LogP) is 2.02. The highest BCUT2D eigenvalue weighted by atomic mass is 16.5.